The van der Waals surface area contributed by atoms with Gasteiger partial charge in [-0.05, 0) is 44.2 Å². The van der Waals surface area contributed by atoms with Gasteiger partial charge < -0.3 is 10.2 Å². The predicted molar refractivity (Wildman–Crippen MR) is 84.8 cm³/mol. The molecule has 1 heterocycles. The van der Waals surface area contributed by atoms with Gasteiger partial charge in [0.05, 0.1) is 5.41 Å². The smallest absolute Gasteiger partial charge is 0.230 e. The topological polar surface area (TPSA) is 32.3 Å². The van der Waals surface area contributed by atoms with Crippen molar-refractivity contribution in [2.45, 2.75) is 51.6 Å². The van der Waals surface area contributed by atoms with Crippen LogP contribution < -0.4 is 5.32 Å². The van der Waals surface area contributed by atoms with Crippen LogP contribution in [0.4, 0.5) is 0 Å². The first-order chi connectivity index (χ1) is 10.2. The Hall–Kier alpha value is -1.35. The van der Waals surface area contributed by atoms with Gasteiger partial charge in [0.2, 0.25) is 5.91 Å². The van der Waals surface area contributed by atoms with Crippen LogP contribution in [0.25, 0.3) is 0 Å². The second-order valence-corrected chi connectivity index (χ2v) is 6.56. The number of carbonyl (C=O) groups excluding carboxylic acids is 1. The second kappa shape index (κ2) is 6.18. The van der Waals surface area contributed by atoms with Crippen molar-refractivity contribution in [1.29, 1.82) is 0 Å². The number of benzene rings is 1. The van der Waals surface area contributed by atoms with Crippen LogP contribution in [0.3, 0.4) is 0 Å². The number of rotatable bonds is 5. The van der Waals surface area contributed by atoms with Gasteiger partial charge in [-0.3, -0.25) is 4.79 Å². The summed E-state index contributed by atoms with van der Waals surface area (Å²) in [5.41, 5.74) is 1.07. The van der Waals surface area contributed by atoms with E-state index in [0.717, 1.165) is 38.9 Å². The molecule has 2 aliphatic rings. The standard InChI is InChI=1S/C18H26N2O/c1-2-18(11-6-12-19-14-18)17(21)20(16-9-10-16)13-15-7-4-3-5-8-15/h3-5,7-8,16,19H,2,6,9-14H2,1H3. The predicted octanol–water partition coefficient (Wildman–Crippen LogP) is 2.96. The van der Waals surface area contributed by atoms with Crippen LogP contribution in [0, 0.1) is 5.41 Å². The molecule has 1 aliphatic carbocycles. The van der Waals surface area contributed by atoms with E-state index < -0.39 is 0 Å². The summed E-state index contributed by atoms with van der Waals surface area (Å²) < 4.78 is 0. The van der Waals surface area contributed by atoms with Crippen molar-refractivity contribution in [2.75, 3.05) is 13.1 Å². The van der Waals surface area contributed by atoms with E-state index >= 15 is 0 Å². The summed E-state index contributed by atoms with van der Waals surface area (Å²) in [7, 11) is 0. The SMILES string of the molecule is CCC1(C(=O)N(Cc2ccccc2)C2CC2)CCCNC1. The molecule has 0 bridgehead atoms. The minimum atomic E-state index is -0.171. The van der Waals surface area contributed by atoms with E-state index in [4.69, 9.17) is 0 Å². The highest BCUT2D eigenvalue weighted by Gasteiger charge is 2.44. The Bertz CT molecular complexity index is 475. The molecule has 114 valence electrons. The quantitative estimate of drug-likeness (QED) is 0.902. The maximum absolute atomic E-state index is 13.2. The molecule has 1 amide bonds. The number of nitrogens with zero attached hydrogens (tertiary/aromatic N) is 1. The normalized spacial score (nSPS) is 25.6. The van der Waals surface area contributed by atoms with Gasteiger partial charge in [-0.2, -0.15) is 0 Å². The van der Waals surface area contributed by atoms with Crippen LogP contribution in [0.5, 0.6) is 0 Å². The maximum atomic E-state index is 13.2. The lowest BCUT2D eigenvalue weighted by molar-refractivity contribution is -0.145. The fourth-order valence-electron chi connectivity index (χ4n) is 3.44. The molecule has 1 N–H and O–H groups in total. The molecular weight excluding hydrogens is 260 g/mol. The van der Waals surface area contributed by atoms with Crippen LogP contribution in [0.15, 0.2) is 30.3 Å². The van der Waals surface area contributed by atoms with Crippen LogP contribution in [0.1, 0.15) is 44.6 Å². The van der Waals surface area contributed by atoms with Crippen LogP contribution >= 0.6 is 0 Å². The van der Waals surface area contributed by atoms with Crippen molar-refractivity contribution in [3.63, 3.8) is 0 Å². The van der Waals surface area contributed by atoms with Crippen molar-refractivity contribution < 1.29 is 4.79 Å². The van der Waals surface area contributed by atoms with Gasteiger partial charge in [0.25, 0.3) is 0 Å². The fraction of sp³-hybridized carbons (Fsp3) is 0.611. The van der Waals surface area contributed by atoms with Crippen molar-refractivity contribution >= 4 is 5.91 Å². The first kappa shape index (κ1) is 14.6. The summed E-state index contributed by atoms with van der Waals surface area (Å²) in [5, 5.41) is 3.44. The Balaban J connectivity index is 1.78. The lowest BCUT2D eigenvalue weighted by Crippen LogP contribution is -2.52. The molecule has 1 saturated heterocycles. The largest absolute Gasteiger partial charge is 0.335 e. The highest BCUT2D eigenvalue weighted by Crippen LogP contribution is 2.37. The van der Waals surface area contributed by atoms with Gasteiger partial charge in [-0.15, -0.1) is 0 Å². The van der Waals surface area contributed by atoms with E-state index in [0.29, 0.717) is 11.9 Å². The van der Waals surface area contributed by atoms with Gasteiger partial charge in [-0.25, -0.2) is 0 Å². The Morgan fingerprint density at radius 1 is 1.33 bits per heavy atom. The van der Waals surface area contributed by atoms with Crippen molar-refractivity contribution in [3.05, 3.63) is 35.9 Å². The molecule has 2 fully saturated rings. The third-order valence-corrected chi connectivity index (χ3v) is 5.05. The Morgan fingerprint density at radius 3 is 2.67 bits per heavy atom. The Kier molecular flexibility index (Phi) is 4.29. The zero-order valence-electron chi connectivity index (χ0n) is 13.0. The van der Waals surface area contributed by atoms with E-state index in [-0.39, 0.29) is 5.41 Å². The van der Waals surface area contributed by atoms with E-state index in [9.17, 15) is 4.79 Å². The molecule has 1 unspecified atom stereocenters. The summed E-state index contributed by atoms with van der Waals surface area (Å²) >= 11 is 0. The van der Waals surface area contributed by atoms with Gasteiger partial charge in [-0.1, -0.05) is 37.3 Å². The molecule has 0 spiro atoms. The average Bonchev–Trinajstić information content (AvgIpc) is 3.38. The minimum absolute atomic E-state index is 0.171. The molecule has 1 saturated carbocycles. The van der Waals surface area contributed by atoms with Crippen LogP contribution in [-0.4, -0.2) is 29.9 Å². The Labute approximate surface area is 127 Å². The van der Waals surface area contributed by atoms with Gasteiger partial charge in [0.15, 0.2) is 0 Å². The van der Waals surface area contributed by atoms with E-state index in [2.05, 4.69) is 41.4 Å². The molecule has 1 atom stereocenters. The summed E-state index contributed by atoms with van der Waals surface area (Å²) in [5.74, 6) is 0.378. The van der Waals surface area contributed by atoms with Crippen LogP contribution in [-0.2, 0) is 11.3 Å². The summed E-state index contributed by atoms with van der Waals surface area (Å²) in [6, 6.07) is 10.9. The van der Waals surface area contributed by atoms with Crippen LogP contribution in [0.2, 0.25) is 0 Å². The molecule has 1 aromatic carbocycles. The molecule has 21 heavy (non-hydrogen) atoms. The second-order valence-electron chi connectivity index (χ2n) is 6.56. The number of carbonyl (C=O) groups is 1. The van der Waals surface area contributed by atoms with E-state index in [1.165, 1.54) is 18.4 Å². The van der Waals surface area contributed by atoms with Crippen molar-refractivity contribution in [2.24, 2.45) is 5.41 Å². The summed E-state index contributed by atoms with van der Waals surface area (Å²) in [6.07, 6.45) is 5.44. The molecule has 3 rings (SSSR count). The maximum Gasteiger partial charge on any atom is 0.230 e. The molecular formula is C18H26N2O. The molecule has 0 aromatic heterocycles. The highest BCUT2D eigenvalue weighted by molar-refractivity contribution is 5.83. The molecule has 3 heteroatoms. The summed E-state index contributed by atoms with van der Waals surface area (Å²) in [4.78, 5) is 15.4. The zero-order valence-corrected chi connectivity index (χ0v) is 13.0. The summed E-state index contributed by atoms with van der Waals surface area (Å²) in [6.45, 7) is 4.84. The number of hydrogen-bond acceptors (Lipinski definition) is 2. The number of piperidine rings is 1. The zero-order chi connectivity index (χ0) is 14.7. The first-order valence-electron chi connectivity index (χ1n) is 8.31. The highest BCUT2D eigenvalue weighted by atomic mass is 16.2. The van der Waals surface area contributed by atoms with Crippen molar-refractivity contribution in [1.82, 2.24) is 10.2 Å². The lowest BCUT2D eigenvalue weighted by Gasteiger charge is -2.40. The van der Waals surface area contributed by atoms with E-state index in [1.54, 1.807) is 0 Å². The van der Waals surface area contributed by atoms with Gasteiger partial charge >= 0.3 is 0 Å². The third-order valence-electron chi connectivity index (χ3n) is 5.05. The average molecular weight is 286 g/mol. The van der Waals surface area contributed by atoms with E-state index in [1.807, 2.05) is 6.07 Å². The van der Waals surface area contributed by atoms with Gasteiger partial charge in [0.1, 0.15) is 0 Å². The minimum Gasteiger partial charge on any atom is -0.335 e. The molecule has 0 radical (unpaired) electrons. The lowest BCUT2D eigenvalue weighted by atomic mass is 9.77. The van der Waals surface area contributed by atoms with Crippen molar-refractivity contribution in [3.8, 4) is 0 Å². The Morgan fingerprint density at radius 2 is 2.10 bits per heavy atom. The number of amides is 1. The first-order valence-corrected chi connectivity index (χ1v) is 8.31. The molecule has 1 aromatic rings. The monoisotopic (exact) mass is 286 g/mol. The molecule has 3 nitrogen and oxygen atoms in total. The third kappa shape index (κ3) is 3.13. The van der Waals surface area contributed by atoms with Gasteiger partial charge in [0, 0.05) is 19.1 Å². The number of nitrogens with one attached hydrogen (secondary N) is 1. The molecule has 1 aliphatic heterocycles. The fourth-order valence-corrected chi connectivity index (χ4v) is 3.44. The number of hydrogen-bond donors (Lipinski definition) is 1.